The van der Waals surface area contributed by atoms with Crippen molar-refractivity contribution in [3.05, 3.63) is 291 Å². The van der Waals surface area contributed by atoms with Crippen LogP contribution in [0.5, 0.6) is 0 Å². The van der Waals surface area contributed by atoms with Gasteiger partial charge in [-0.1, -0.05) is 183 Å². The summed E-state index contributed by atoms with van der Waals surface area (Å²) in [6, 6.07) is 93.5. The maximum Gasteiger partial charge on any atom is 0.114 e. The van der Waals surface area contributed by atoms with Crippen LogP contribution < -0.4 is 0 Å². The number of aryl methyl sites for hydroxylation is 2. The first-order valence-corrected chi connectivity index (χ1v) is 29.1. The molecule has 0 aliphatic heterocycles. The van der Waals surface area contributed by atoms with E-state index in [1.165, 1.54) is 65.3 Å². The molecule has 4 aromatic heterocycles. The predicted molar refractivity (Wildman–Crippen MR) is 353 cm³/mol. The lowest BCUT2D eigenvalue weighted by Crippen LogP contribution is -2.00. The zero-order valence-electron chi connectivity index (χ0n) is 46.9. The molecule has 0 spiro atoms. The molecule has 0 aliphatic carbocycles. The first kappa shape index (κ1) is 49.7. The fourth-order valence-electron chi connectivity index (χ4n) is 13.3. The number of imidazole rings is 2. The number of para-hydroxylation sites is 4. The van der Waals surface area contributed by atoms with E-state index in [0.717, 1.165) is 107 Å². The molecule has 0 aliphatic rings. The first-order valence-electron chi connectivity index (χ1n) is 29.1. The molecule has 0 saturated carbocycles. The van der Waals surface area contributed by atoms with Crippen molar-refractivity contribution in [2.24, 2.45) is 0 Å². The summed E-state index contributed by atoms with van der Waals surface area (Å²) in [5.74, 6) is 2.00. The van der Waals surface area contributed by atoms with Gasteiger partial charge in [0.05, 0.1) is 22.1 Å². The summed E-state index contributed by atoms with van der Waals surface area (Å²) in [5.41, 5.74) is 22.6. The number of hydrogen-bond acceptors (Lipinski definition) is 4. The van der Waals surface area contributed by atoms with E-state index in [9.17, 15) is 0 Å². The van der Waals surface area contributed by atoms with Crippen molar-refractivity contribution < 1.29 is 0 Å². The SMILES string of the molecule is CCc1nc2ccccc2n1-c1ccc(-c2c3ccccc3c(-c3ccc(-c4ccncc4)cc3)c3cc(-c4ccc5c(-c6ccc(-n7c(C)nc8ccccc87)cc6)c6ccccc6c(-c6ccc(-c7cccnc7)cc6)c5c4)ccc23)cc1. The van der Waals surface area contributed by atoms with Crippen LogP contribution in [-0.2, 0) is 6.42 Å². The van der Waals surface area contributed by atoms with Crippen LogP contribution in [0.2, 0.25) is 0 Å². The van der Waals surface area contributed by atoms with E-state index in [4.69, 9.17) is 9.97 Å². The smallest absolute Gasteiger partial charge is 0.114 e. The molecule has 85 heavy (non-hydrogen) atoms. The van der Waals surface area contributed by atoms with Gasteiger partial charge in [0.15, 0.2) is 0 Å². The fourth-order valence-corrected chi connectivity index (χ4v) is 13.3. The molecule has 12 aromatic carbocycles. The molecule has 0 saturated heterocycles. The van der Waals surface area contributed by atoms with Crippen LogP contribution in [0.15, 0.2) is 280 Å². The van der Waals surface area contributed by atoms with Gasteiger partial charge in [-0.05, 0) is 207 Å². The highest BCUT2D eigenvalue weighted by molar-refractivity contribution is 6.24. The van der Waals surface area contributed by atoms with Crippen LogP contribution in [0.3, 0.4) is 0 Å². The molecule has 16 rings (SSSR count). The normalized spacial score (nSPS) is 11.7. The maximum atomic E-state index is 5.02. The Kier molecular flexibility index (Phi) is 11.9. The van der Waals surface area contributed by atoms with Crippen molar-refractivity contribution in [2.75, 3.05) is 0 Å². The largest absolute Gasteiger partial charge is 0.297 e. The van der Waals surface area contributed by atoms with Crippen LogP contribution >= 0.6 is 0 Å². The van der Waals surface area contributed by atoms with Gasteiger partial charge in [0.1, 0.15) is 11.6 Å². The molecule has 6 nitrogen and oxygen atoms in total. The van der Waals surface area contributed by atoms with Crippen LogP contribution in [0.1, 0.15) is 18.6 Å². The number of rotatable bonds is 10. The van der Waals surface area contributed by atoms with Gasteiger partial charge in [-0.25, -0.2) is 9.97 Å². The Morgan fingerprint density at radius 2 is 0.682 bits per heavy atom. The third-order valence-electron chi connectivity index (χ3n) is 17.2. The Labute approximate surface area is 492 Å². The zero-order chi connectivity index (χ0) is 56.5. The average molecular weight is 1090 g/mol. The van der Waals surface area contributed by atoms with Gasteiger partial charge >= 0.3 is 0 Å². The third kappa shape index (κ3) is 8.40. The summed E-state index contributed by atoms with van der Waals surface area (Å²) in [4.78, 5) is 18.7. The molecule has 0 unspecified atom stereocenters. The second-order valence-corrected chi connectivity index (χ2v) is 22.0. The molecule has 0 radical (unpaired) electrons. The minimum atomic E-state index is 0.828. The lowest BCUT2D eigenvalue weighted by atomic mass is 9.83. The highest BCUT2D eigenvalue weighted by Crippen LogP contribution is 2.48. The van der Waals surface area contributed by atoms with E-state index >= 15 is 0 Å². The Balaban J connectivity index is 0.910. The predicted octanol–water partition coefficient (Wildman–Crippen LogP) is 20.3. The molecule has 6 heteroatoms. The summed E-state index contributed by atoms with van der Waals surface area (Å²) in [6.45, 7) is 4.26. The molecule has 0 bridgehead atoms. The highest BCUT2D eigenvalue weighted by Gasteiger charge is 2.22. The van der Waals surface area contributed by atoms with E-state index in [1.54, 1.807) is 0 Å². The number of nitrogens with zero attached hydrogens (tertiary/aromatic N) is 6. The van der Waals surface area contributed by atoms with E-state index in [0.29, 0.717) is 0 Å². The molecule has 0 N–H and O–H groups in total. The van der Waals surface area contributed by atoms with Crippen LogP contribution in [0.4, 0.5) is 0 Å². The van der Waals surface area contributed by atoms with Crippen molar-refractivity contribution in [2.45, 2.75) is 20.3 Å². The zero-order valence-corrected chi connectivity index (χ0v) is 46.9. The molecular weight excluding hydrogens is 1030 g/mol. The Morgan fingerprint density at radius 3 is 1.18 bits per heavy atom. The summed E-state index contributed by atoms with van der Waals surface area (Å²) < 4.78 is 4.56. The number of fused-ring (bicyclic) bond motifs is 6. The van der Waals surface area contributed by atoms with Gasteiger partial charge in [-0.3, -0.25) is 19.1 Å². The minimum absolute atomic E-state index is 0.828. The van der Waals surface area contributed by atoms with Gasteiger partial charge < -0.3 is 0 Å². The van der Waals surface area contributed by atoms with Crippen molar-refractivity contribution in [3.8, 4) is 89.3 Å². The second-order valence-electron chi connectivity index (χ2n) is 22.0. The first-order chi connectivity index (χ1) is 42.0. The topological polar surface area (TPSA) is 61.4 Å². The van der Waals surface area contributed by atoms with E-state index in [2.05, 4.69) is 282 Å². The Bertz CT molecular complexity index is 5240. The van der Waals surface area contributed by atoms with Crippen LogP contribution in [0.25, 0.3) is 154 Å². The maximum absolute atomic E-state index is 5.02. The molecule has 16 aromatic rings. The highest BCUT2D eigenvalue weighted by atomic mass is 15.1. The lowest BCUT2D eigenvalue weighted by molar-refractivity contribution is 0.908. The fraction of sp³-hybridized carbons (Fsp3) is 0.0380. The third-order valence-corrected chi connectivity index (χ3v) is 17.2. The summed E-state index contributed by atoms with van der Waals surface area (Å²) in [7, 11) is 0. The van der Waals surface area contributed by atoms with Gasteiger partial charge in [-0.15, -0.1) is 0 Å². The molecular formula is C79H54N6. The van der Waals surface area contributed by atoms with Gasteiger partial charge in [0.25, 0.3) is 0 Å². The van der Waals surface area contributed by atoms with Gasteiger partial charge in [0, 0.05) is 42.6 Å². The monoisotopic (exact) mass is 1090 g/mol. The second kappa shape index (κ2) is 20.4. The number of pyridine rings is 2. The summed E-state index contributed by atoms with van der Waals surface area (Å²) >= 11 is 0. The lowest BCUT2D eigenvalue weighted by Gasteiger charge is -2.20. The minimum Gasteiger partial charge on any atom is -0.297 e. The van der Waals surface area contributed by atoms with Crippen molar-refractivity contribution in [3.63, 3.8) is 0 Å². The van der Waals surface area contributed by atoms with Gasteiger partial charge in [0.2, 0.25) is 0 Å². The number of hydrogen-bond donors (Lipinski definition) is 0. The molecule has 0 amide bonds. The van der Waals surface area contributed by atoms with E-state index in [1.807, 2.05) is 30.9 Å². The Hall–Kier alpha value is -11.1. The number of benzene rings is 12. The average Bonchev–Trinajstić information content (AvgIpc) is 1.86. The summed E-state index contributed by atoms with van der Waals surface area (Å²) in [6.07, 6.45) is 8.31. The summed E-state index contributed by atoms with van der Waals surface area (Å²) in [5, 5.41) is 9.55. The van der Waals surface area contributed by atoms with E-state index in [-0.39, 0.29) is 0 Å². The van der Waals surface area contributed by atoms with Crippen molar-refractivity contribution >= 4 is 65.2 Å². The number of aromatic nitrogens is 6. The standard InChI is InChI=1S/C79H54N6/c1-3-75-83-72-19-9-11-21-74(72)85(75)62-38-32-57(33-39-62)77-64-15-5-6-16-65(64)78(54-26-22-51(23-27-54)53-42-45-80-46-43-53)69-47-58(35-41-68(69)77)59-34-40-67-70(48-59)79(55-28-24-52(25-29-55)60-13-12-44-81-49-60)66-17-7-4-14-63(66)76(67)56-30-36-61(37-31-56)84-50(2)82-71-18-8-10-20-73(71)84/h4-49H,3H2,1-2H3. The quantitative estimate of drug-likeness (QED) is 0.128. The van der Waals surface area contributed by atoms with Gasteiger partial charge in [-0.2, -0.15) is 0 Å². The van der Waals surface area contributed by atoms with Crippen molar-refractivity contribution in [1.82, 2.24) is 29.1 Å². The molecule has 0 fully saturated rings. The molecule has 4 heterocycles. The molecule has 0 atom stereocenters. The van der Waals surface area contributed by atoms with Crippen molar-refractivity contribution in [1.29, 1.82) is 0 Å². The molecule has 400 valence electrons. The van der Waals surface area contributed by atoms with Crippen LogP contribution in [-0.4, -0.2) is 29.1 Å². The Morgan fingerprint density at radius 1 is 0.294 bits per heavy atom. The van der Waals surface area contributed by atoms with E-state index < -0.39 is 0 Å². The van der Waals surface area contributed by atoms with Crippen LogP contribution in [0, 0.1) is 6.92 Å².